The Balaban J connectivity index is 2.02. The van der Waals surface area contributed by atoms with Crippen LogP contribution in [0.2, 0.25) is 5.02 Å². The number of carbonyl (C=O) groups is 1. The van der Waals surface area contributed by atoms with Gasteiger partial charge in [0.1, 0.15) is 0 Å². The molecular weight excluding hydrogens is 288 g/mol. The maximum Gasteiger partial charge on any atom is 0.276 e. The van der Waals surface area contributed by atoms with Crippen LogP contribution in [0.15, 0.2) is 42.5 Å². The lowest BCUT2D eigenvalue weighted by Gasteiger charge is -2.08. The number of carbonyl (C=O) groups excluding carboxylic acids is 1. The number of aryl methyl sites for hydroxylation is 1. The van der Waals surface area contributed by atoms with Crippen molar-refractivity contribution >= 4 is 39.8 Å². The average molecular weight is 301 g/mol. The van der Waals surface area contributed by atoms with Gasteiger partial charge < -0.3 is 11.1 Å². The van der Waals surface area contributed by atoms with Gasteiger partial charge in [0.15, 0.2) is 5.69 Å². The molecule has 2 aromatic carbocycles. The molecule has 0 aliphatic rings. The van der Waals surface area contributed by atoms with Crippen molar-refractivity contribution in [2.75, 3.05) is 11.1 Å². The zero-order valence-corrected chi connectivity index (χ0v) is 12.1. The first-order chi connectivity index (χ1) is 10.1. The van der Waals surface area contributed by atoms with Crippen LogP contribution in [-0.2, 0) is 7.05 Å². The van der Waals surface area contributed by atoms with Crippen molar-refractivity contribution in [1.82, 2.24) is 9.78 Å². The number of para-hydroxylation sites is 2. The number of benzene rings is 2. The van der Waals surface area contributed by atoms with E-state index in [1.807, 2.05) is 24.3 Å². The maximum atomic E-state index is 12.4. The summed E-state index contributed by atoms with van der Waals surface area (Å²) in [6, 6.07) is 12.6. The van der Waals surface area contributed by atoms with Crippen LogP contribution in [0.4, 0.5) is 11.4 Å². The SMILES string of the molecule is Cn1nc(C(=O)Nc2c(N)cccc2Cl)c2ccccc21. The Hall–Kier alpha value is -2.53. The number of aromatic nitrogens is 2. The second kappa shape index (κ2) is 5.10. The predicted octanol–water partition coefficient (Wildman–Crippen LogP) is 3.06. The predicted molar refractivity (Wildman–Crippen MR) is 84.5 cm³/mol. The van der Waals surface area contributed by atoms with Gasteiger partial charge in [0.2, 0.25) is 0 Å². The Morgan fingerprint density at radius 2 is 2.00 bits per heavy atom. The highest BCUT2D eigenvalue weighted by Crippen LogP contribution is 2.29. The van der Waals surface area contributed by atoms with Crippen LogP contribution in [0.3, 0.4) is 0 Å². The Bertz CT molecular complexity index is 821. The van der Waals surface area contributed by atoms with Crippen LogP contribution >= 0.6 is 11.6 Å². The van der Waals surface area contributed by atoms with E-state index in [2.05, 4.69) is 10.4 Å². The number of amides is 1. The smallest absolute Gasteiger partial charge is 0.276 e. The number of halogens is 1. The van der Waals surface area contributed by atoms with Gasteiger partial charge in [0.05, 0.1) is 21.9 Å². The lowest BCUT2D eigenvalue weighted by Crippen LogP contribution is -2.15. The van der Waals surface area contributed by atoms with E-state index in [0.29, 0.717) is 22.1 Å². The molecule has 3 rings (SSSR count). The van der Waals surface area contributed by atoms with E-state index < -0.39 is 0 Å². The third-order valence-corrected chi connectivity index (χ3v) is 3.57. The maximum absolute atomic E-state index is 12.4. The lowest BCUT2D eigenvalue weighted by atomic mass is 10.2. The first-order valence-electron chi connectivity index (χ1n) is 6.35. The van der Waals surface area contributed by atoms with Crippen molar-refractivity contribution < 1.29 is 4.79 Å². The van der Waals surface area contributed by atoms with Gasteiger partial charge in [-0.05, 0) is 18.2 Å². The molecule has 0 aliphatic carbocycles. The standard InChI is InChI=1S/C15H13ClN4O/c1-20-12-8-3-2-5-9(12)13(19-20)15(21)18-14-10(16)6-4-7-11(14)17/h2-8H,17H2,1H3,(H,18,21). The number of anilines is 2. The van der Waals surface area contributed by atoms with E-state index in [-0.39, 0.29) is 5.91 Å². The lowest BCUT2D eigenvalue weighted by molar-refractivity contribution is 0.102. The molecule has 21 heavy (non-hydrogen) atoms. The van der Waals surface area contributed by atoms with Crippen molar-refractivity contribution in [1.29, 1.82) is 0 Å². The molecule has 6 heteroatoms. The molecule has 0 aliphatic heterocycles. The molecule has 3 N–H and O–H groups in total. The topological polar surface area (TPSA) is 72.9 Å². The molecule has 3 aromatic rings. The van der Waals surface area contributed by atoms with Gasteiger partial charge in [0, 0.05) is 12.4 Å². The summed E-state index contributed by atoms with van der Waals surface area (Å²) in [6.07, 6.45) is 0. The Kier molecular flexibility index (Phi) is 3.27. The van der Waals surface area contributed by atoms with E-state index in [4.69, 9.17) is 17.3 Å². The van der Waals surface area contributed by atoms with E-state index >= 15 is 0 Å². The molecule has 1 amide bonds. The van der Waals surface area contributed by atoms with Gasteiger partial charge in [0.25, 0.3) is 5.91 Å². The van der Waals surface area contributed by atoms with E-state index in [9.17, 15) is 4.79 Å². The van der Waals surface area contributed by atoms with Gasteiger partial charge in [-0.1, -0.05) is 35.9 Å². The first kappa shape index (κ1) is 13.5. The van der Waals surface area contributed by atoms with Gasteiger partial charge in [-0.3, -0.25) is 9.48 Å². The fourth-order valence-corrected chi connectivity index (χ4v) is 2.46. The van der Waals surface area contributed by atoms with Crippen molar-refractivity contribution in [2.45, 2.75) is 0 Å². The molecule has 106 valence electrons. The van der Waals surface area contributed by atoms with Gasteiger partial charge in [-0.15, -0.1) is 0 Å². The Morgan fingerprint density at radius 1 is 1.24 bits per heavy atom. The number of hydrogen-bond acceptors (Lipinski definition) is 3. The number of hydrogen-bond donors (Lipinski definition) is 2. The highest BCUT2D eigenvalue weighted by molar-refractivity contribution is 6.34. The third kappa shape index (κ3) is 2.32. The number of nitrogens with one attached hydrogen (secondary N) is 1. The molecule has 0 fully saturated rings. The second-order valence-corrected chi connectivity index (χ2v) is 5.05. The highest BCUT2D eigenvalue weighted by Gasteiger charge is 2.17. The fraction of sp³-hybridized carbons (Fsp3) is 0.0667. The molecule has 0 saturated carbocycles. The zero-order chi connectivity index (χ0) is 15.0. The van der Waals surface area contributed by atoms with Crippen molar-refractivity contribution in [2.24, 2.45) is 7.05 Å². The zero-order valence-electron chi connectivity index (χ0n) is 11.3. The number of rotatable bonds is 2. The minimum atomic E-state index is -0.341. The van der Waals surface area contributed by atoms with E-state index in [1.165, 1.54) is 0 Å². The summed E-state index contributed by atoms with van der Waals surface area (Å²) in [5, 5.41) is 8.17. The minimum Gasteiger partial charge on any atom is -0.397 e. The molecular formula is C15H13ClN4O. The summed E-state index contributed by atoms with van der Waals surface area (Å²) >= 11 is 6.06. The summed E-state index contributed by atoms with van der Waals surface area (Å²) in [7, 11) is 1.79. The van der Waals surface area contributed by atoms with E-state index in [1.54, 1.807) is 29.9 Å². The molecule has 0 atom stereocenters. The Morgan fingerprint density at radius 3 is 2.76 bits per heavy atom. The van der Waals surface area contributed by atoms with Crippen LogP contribution < -0.4 is 11.1 Å². The van der Waals surface area contributed by atoms with Crippen molar-refractivity contribution in [3.8, 4) is 0 Å². The fourth-order valence-electron chi connectivity index (χ4n) is 2.23. The highest BCUT2D eigenvalue weighted by atomic mass is 35.5. The van der Waals surface area contributed by atoms with Crippen LogP contribution in [0.25, 0.3) is 10.9 Å². The average Bonchev–Trinajstić information content (AvgIpc) is 2.81. The summed E-state index contributed by atoms with van der Waals surface area (Å²) in [5.74, 6) is -0.341. The van der Waals surface area contributed by atoms with Crippen LogP contribution in [-0.4, -0.2) is 15.7 Å². The molecule has 0 saturated heterocycles. The van der Waals surface area contributed by atoms with Crippen molar-refractivity contribution in [3.05, 3.63) is 53.2 Å². The minimum absolute atomic E-state index is 0.340. The molecule has 1 aromatic heterocycles. The van der Waals surface area contributed by atoms with Crippen LogP contribution in [0.1, 0.15) is 10.5 Å². The number of fused-ring (bicyclic) bond motifs is 1. The number of nitrogen functional groups attached to an aromatic ring is 1. The van der Waals surface area contributed by atoms with Gasteiger partial charge in [-0.2, -0.15) is 5.10 Å². The molecule has 0 radical (unpaired) electrons. The summed E-state index contributed by atoms with van der Waals surface area (Å²) in [6.45, 7) is 0. The van der Waals surface area contributed by atoms with Gasteiger partial charge >= 0.3 is 0 Å². The largest absolute Gasteiger partial charge is 0.397 e. The molecule has 0 spiro atoms. The number of nitrogens with two attached hydrogens (primary N) is 1. The third-order valence-electron chi connectivity index (χ3n) is 3.26. The molecule has 0 unspecified atom stereocenters. The van der Waals surface area contributed by atoms with Gasteiger partial charge in [-0.25, -0.2) is 0 Å². The van der Waals surface area contributed by atoms with Crippen molar-refractivity contribution in [3.63, 3.8) is 0 Å². The molecule has 1 heterocycles. The number of nitrogens with zero attached hydrogens (tertiary/aromatic N) is 2. The summed E-state index contributed by atoms with van der Waals surface area (Å²) in [5.41, 5.74) is 7.88. The van der Waals surface area contributed by atoms with Crippen LogP contribution in [0.5, 0.6) is 0 Å². The van der Waals surface area contributed by atoms with E-state index in [0.717, 1.165) is 10.9 Å². The quantitative estimate of drug-likeness (QED) is 0.714. The monoisotopic (exact) mass is 300 g/mol. The molecule has 5 nitrogen and oxygen atoms in total. The summed E-state index contributed by atoms with van der Waals surface area (Å²) < 4.78 is 1.67. The summed E-state index contributed by atoms with van der Waals surface area (Å²) in [4.78, 5) is 12.4. The first-order valence-corrected chi connectivity index (χ1v) is 6.73. The Labute approximate surface area is 126 Å². The normalized spacial score (nSPS) is 10.8. The molecule has 0 bridgehead atoms. The second-order valence-electron chi connectivity index (χ2n) is 4.65. The van der Waals surface area contributed by atoms with Crippen LogP contribution in [0, 0.1) is 0 Å².